The van der Waals surface area contributed by atoms with Crippen LogP contribution in [-0.4, -0.2) is 54.9 Å². The van der Waals surface area contributed by atoms with Crippen molar-refractivity contribution in [2.45, 2.75) is 6.92 Å². The van der Waals surface area contributed by atoms with Gasteiger partial charge < -0.3 is 14.5 Å². The number of carbonyl (C=O) groups is 2. The second kappa shape index (κ2) is 7.79. The van der Waals surface area contributed by atoms with Crippen LogP contribution in [0, 0.1) is 6.92 Å². The summed E-state index contributed by atoms with van der Waals surface area (Å²) in [5.74, 6) is 0.711. The normalized spacial score (nSPS) is 14.3. The van der Waals surface area contributed by atoms with Gasteiger partial charge in [-0.05, 0) is 55.0 Å². The van der Waals surface area contributed by atoms with E-state index in [1.807, 2.05) is 19.1 Å². The molecule has 0 aliphatic carbocycles. The van der Waals surface area contributed by atoms with Gasteiger partial charge in [-0.25, -0.2) is 0 Å². The number of aryl methyl sites for hydroxylation is 1. The Kier molecular flexibility index (Phi) is 5.47. The van der Waals surface area contributed by atoms with E-state index in [0.29, 0.717) is 42.3 Å². The number of hydrogen-bond acceptors (Lipinski definition) is 3. The lowest BCUT2D eigenvalue weighted by Gasteiger charge is -2.35. The first-order chi connectivity index (χ1) is 12.5. The fraction of sp³-hybridized carbons (Fsp3) is 0.300. The van der Waals surface area contributed by atoms with E-state index in [-0.39, 0.29) is 11.8 Å². The maximum atomic E-state index is 12.7. The number of carbonyl (C=O) groups excluding carboxylic acids is 2. The summed E-state index contributed by atoms with van der Waals surface area (Å²) in [6.07, 6.45) is 0. The lowest BCUT2D eigenvalue weighted by molar-refractivity contribution is 0.0535. The van der Waals surface area contributed by atoms with Gasteiger partial charge in [-0.2, -0.15) is 0 Å². The predicted octanol–water partition coefficient (Wildman–Crippen LogP) is 3.26. The molecule has 0 aromatic heterocycles. The van der Waals surface area contributed by atoms with E-state index in [1.54, 1.807) is 47.2 Å². The van der Waals surface area contributed by atoms with E-state index in [9.17, 15) is 9.59 Å². The molecule has 1 aliphatic rings. The molecule has 2 aromatic rings. The first kappa shape index (κ1) is 18.3. The minimum atomic E-state index is -0.0333. The Bertz CT molecular complexity index is 812. The van der Waals surface area contributed by atoms with Crippen LogP contribution in [0.1, 0.15) is 26.3 Å². The van der Waals surface area contributed by atoms with Crippen molar-refractivity contribution in [3.8, 4) is 5.75 Å². The molecule has 0 bridgehead atoms. The zero-order valence-corrected chi connectivity index (χ0v) is 15.6. The van der Waals surface area contributed by atoms with Crippen LogP contribution in [0.2, 0.25) is 5.02 Å². The van der Waals surface area contributed by atoms with Gasteiger partial charge in [0.05, 0.1) is 7.11 Å². The average molecular weight is 373 g/mol. The Morgan fingerprint density at radius 2 is 1.38 bits per heavy atom. The van der Waals surface area contributed by atoms with Crippen molar-refractivity contribution in [3.05, 3.63) is 64.2 Å². The summed E-state index contributed by atoms with van der Waals surface area (Å²) < 4.78 is 5.24. The van der Waals surface area contributed by atoms with Crippen LogP contribution in [0.3, 0.4) is 0 Å². The molecule has 1 saturated heterocycles. The van der Waals surface area contributed by atoms with E-state index in [1.165, 1.54) is 0 Å². The molecule has 0 unspecified atom stereocenters. The molecule has 0 saturated carbocycles. The average Bonchev–Trinajstić information content (AvgIpc) is 2.67. The number of hydrogen-bond donors (Lipinski definition) is 0. The molecule has 2 aromatic carbocycles. The molecule has 2 amide bonds. The van der Waals surface area contributed by atoms with Gasteiger partial charge in [-0.1, -0.05) is 11.6 Å². The quantitative estimate of drug-likeness (QED) is 0.831. The van der Waals surface area contributed by atoms with E-state index >= 15 is 0 Å². The fourth-order valence-corrected chi connectivity index (χ4v) is 3.21. The zero-order valence-electron chi connectivity index (χ0n) is 14.9. The zero-order chi connectivity index (χ0) is 18.7. The van der Waals surface area contributed by atoms with Crippen LogP contribution in [0.4, 0.5) is 0 Å². The molecule has 0 radical (unpaired) electrons. The molecule has 5 nitrogen and oxygen atoms in total. The molecule has 6 heteroatoms. The van der Waals surface area contributed by atoms with Crippen LogP contribution in [0.25, 0.3) is 0 Å². The van der Waals surface area contributed by atoms with E-state index < -0.39 is 0 Å². The third kappa shape index (κ3) is 3.83. The van der Waals surface area contributed by atoms with Gasteiger partial charge in [0.2, 0.25) is 0 Å². The van der Waals surface area contributed by atoms with Crippen LogP contribution in [0.15, 0.2) is 42.5 Å². The SMILES string of the molecule is COc1ccc(C(=O)N2CCN(C(=O)c3ccc(Cl)cc3)CC2)cc1C. The minimum absolute atomic E-state index is 0.0191. The number of halogens is 1. The highest BCUT2D eigenvalue weighted by Crippen LogP contribution is 2.20. The molecule has 0 N–H and O–H groups in total. The highest BCUT2D eigenvalue weighted by Gasteiger charge is 2.25. The molecule has 1 heterocycles. The van der Waals surface area contributed by atoms with Gasteiger partial charge in [0, 0.05) is 42.3 Å². The summed E-state index contributed by atoms with van der Waals surface area (Å²) in [4.78, 5) is 28.8. The van der Waals surface area contributed by atoms with Crippen LogP contribution < -0.4 is 4.74 Å². The lowest BCUT2D eigenvalue weighted by Crippen LogP contribution is -2.50. The second-order valence-corrected chi connectivity index (χ2v) is 6.71. The summed E-state index contributed by atoms with van der Waals surface area (Å²) in [6, 6.07) is 12.3. The molecular formula is C20H21ClN2O3. The number of piperazine rings is 1. The number of ether oxygens (including phenoxy) is 1. The molecule has 136 valence electrons. The van der Waals surface area contributed by atoms with Crippen molar-refractivity contribution in [3.63, 3.8) is 0 Å². The Balaban J connectivity index is 1.62. The molecule has 0 spiro atoms. The summed E-state index contributed by atoms with van der Waals surface area (Å²) >= 11 is 5.87. The smallest absolute Gasteiger partial charge is 0.253 e. The van der Waals surface area contributed by atoms with Crippen molar-refractivity contribution in [1.82, 2.24) is 9.80 Å². The Morgan fingerprint density at radius 1 is 0.885 bits per heavy atom. The van der Waals surface area contributed by atoms with E-state index in [2.05, 4.69) is 0 Å². The number of rotatable bonds is 3. The third-order valence-corrected chi connectivity index (χ3v) is 4.84. The molecular weight excluding hydrogens is 352 g/mol. The van der Waals surface area contributed by atoms with Gasteiger partial charge in [-0.3, -0.25) is 9.59 Å². The fourth-order valence-electron chi connectivity index (χ4n) is 3.08. The molecule has 1 aliphatic heterocycles. The summed E-state index contributed by atoms with van der Waals surface area (Å²) in [6.45, 7) is 3.98. The topological polar surface area (TPSA) is 49.9 Å². The summed E-state index contributed by atoms with van der Waals surface area (Å²) in [5.41, 5.74) is 2.18. The largest absolute Gasteiger partial charge is 0.496 e. The first-order valence-corrected chi connectivity index (χ1v) is 8.86. The number of methoxy groups -OCH3 is 1. The van der Waals surface area contributed by atoms with Crippen molar-refractivity contribution < 1.29 is 14.3 Å². The maximum Gasteiger partial charge on any atom is 0.253 e. The number of benzene rings is 2. The lowest BCUT2D eigenvalue weighted by atomic mass is 10.1. The van der Waals surface area contributed by atoms with Crippen LogP contribution >= 0.6 is 11.6 Å². The van der Waals surface area contributed by atoms with Gasteiger partial charge in [-0.15, -0.1) is 0 Å². The van der Waals surface area contributed by atoms with Crippen LogP contribution in [-0.2, 0) is 0 Å². The van der Waals surface area contributed by atoms with Gasteiger partial charge in [0.1, 0.15) is 5.75 Å². The van der Waals surface area contributed by atoms with E-state index in [0.717, 1.165) is 11.3 Å². The predicted molar refractivity (Wildman–Crippen MR) is 101 cm³/mol. The second-order valence-electron chi connectivity index (χ2n) is 6.28. The summed E-state index contributed by atoms with van der Waals surface area (Å²) in [7, 11) is 1.61. The maximum absolute atomic E-state index is 12.7. The molecule has 3 rings (SSSR count). The number of amides is 2. The first-order valence-electron chi connectivity index (χ1n) is 8.48. The van der Waals surface area contributed by atoms with Crippen molar-refractivity contribution in [1.29, 1.82) is 0 Å². The number of nitrogens with zero attached hydrogens (tertiary/aromatic N) is 2. The molecule has 1 fully saturated rings. The highest BCUT2D eigenvalue weighted by atomic mass is 35.5. The molecule has 0 atom stereocenters. The van der Waals surface area contributed by atoms with Crippen molar-refractivity contribution >= 4 is 23.4 Å². The highest BCUT2D eigenvalue weighted by molar-refractivity contribution is 6.30. The van der Waals surface area contributed by atoms with Crippen molar-refractivity contribution in [2.75, 3.05) is 33.3 Å². The molecule has 26 heavy (non-hydrogen) atoms. The monoisotopic (exact) mass is 372 g/mol. The Hall–Kier alpha value is -2.53. The van der Waals surface area contributed by atoms with Gasteiger partial charge >= 0.3 is 0 Å². The van der Waals surface area contributed by atoms with E-state index in [4.69, 9.17) is 16.3 Å². The third-order valence-electron chi connectivity index (χ3n) is 4.59. The van der Waals surface area contributed by atoms with Gasteiger partial charge in [0.25, 0.3) is 11.8 Å². The van der Waals surface area contributed by atoms with Crippen molar-refractivity contribution in [2.24, 2.45) is 0 Å². The van der Waals surface area contributed by atoms with Gasteiger partial charge in [0.15, 0.2) is 0 Å². The summed E-state index contributed by atoms with van der Waals surface area (Å²) in [5, 5.41) is 0.603. The van der Waals surface area contributed by atoms with Crippen LogP contribution in [0.5, 0.6) is 5.75 Å². The standard InChI is InChI=1S/C20H21ClN2O3/c1-14-13-16(5-8-18(14)26-2)20(25)23-11-9-22(10-12-23)19(24)15-3-6-17(21)7-4-15/h3-8,13H,9-12H2,1-2H3. The minimum Gasteiger partial charge on any atom is -0.496 e. The Labute approximate surface area is 158 Å². The Morgan fingerprint density at radius 3 is 1.88 bits per heavy atom.